The first kappa shape index (κ1) is 11.0. The van der Waals surface area contributed by atoms with Crippen LogP contribution in [0.15, 0.2) is 46.3 Å². The Morgan fingerprint density at radius 2 is 2.26 bits per heavy atom. The van der Waals surface area contributed by atoms with E-state index in [2.05, 4.69) is 19.5 Å². The fourth-order valence-electron chi connectivity index (χ4n) is 1.90. The second kappa shape index (κ2) is 4.07. The van der Waals surface area contributed by atoms with Crippen LogP contribution in [0.3, 0.4) is 0 Å². The van der Waals surface area contributed by atoms with Crippen molar-refractivity contribution < 1.29 is 0 Å². The number of pyridine rings is 1. The van der Waals surface area contributed by atoms with E-state index in [-0.39, 0.29) is 0 Å². The van der Waals surface area contributed by atoms with E-state index in [0.29, 0.717) is 0 Å². The van der Waals surface area contributed by atoms with Crippen molar-refractivity contribution in [1.29, 1.82) is 0 Å². The van der Waals surface area contributed by atoms with Gasteiger partial charge in [0.25, 0.3) is 0 Å². The van der Waals surface area contributed by atoms with E-state index in [1.807, 2.05) is 48.2 Å². The van der Waals surface area contributed by atoms with Crippen molar-refractivity contribution in [3.05, 3.63) is 42.5 Å². The van der Waals surface area contributed by atoms with Gasteiger partial charge in [-0.05, 0) is 30.8 Å². The number of aromatic nitrogens is 5. The van der Waals surface area contributed by atoms with E-state index in [1.54, 1.807) is 23.1 Å². The van der Waals surface area contributed by atoms with Gasteiger partial charge in [-0.25, -0.2) is 14.5 Å². The summed E-state index contributed by atoms with van der Waals surface area (Å²) in [6.45, 7) is 1.97. The molecule has 0 atom stereocenters. The Kier molecular flexibility index (Phi) is 2.36. The highest BCUT2D eigenvalue weighted by Gasteiger charge is 2.11. The van der Waals surface area contributed by atoms with Gasteiger partial charge in [-0.3, -0.25) is 4.40 Å². The molecule has 0 aromatic carbocycles. The van der Waals surface area contributed by atoms with Crippen LogP contribution in [0.4, 0.5) is 0 Å². The summed E-state index contributed by atoms with van der Waals surface area (Å²) < 4.78 is 4.82. The molecule has 0 amide bonds. The van der Waals surface area contributed by atoms with Crippen LogP contribution in [0.5, 0.6) is 0 Å². The molecule has 94 valence electrons. The van der Waals surface area contributed by atoms with Crippen molar-refractivity contribution in [2.24, 2.45) is 0 Å². The zero-order valence-corrected chi connectivity index (χ0v) is 11.6. The summed E-state index contributed by atoms with van der Waals surface area (Å²) in [7, 11) is 0. The number of hydrogen-bond acceptors (Lipinski definition) is 5. The Labute approximate surface area is 116 Å². The molecule has 4 aromatic rings. The minimum Gasteiger partial charge on any atom is -0.294 e. The lowest BCUT2D eigenvalue weighted by Crippen LogP contribution is -1.86. The van der Waals surface area contributed by atoms with Crippen molar-refractivity contribution in [3.8, 4) is 0 Å². The molecule has 0 bridgehead atoms. The molecule has 19 heavy (non-hydrogen) atoms. The monoisotopic (exact) mass is 287 g/mol. The van der Waals surface area contributed by atoms with E-state index in [1.165, 1.54) is 0 Å². The molecular formula is C12H9N5S2. The second-order valence-electron chi connectivity index (χ2n) is 4.12. The largest absolute Gasteiger partial charge is 0.294 e. The summed E-state index contributed by atoms with van der Waals surface area (Å²) in [5, 5.41) is 5.42. The Balaban J connectivity index is 1.75. The summed E-state index contributed by atoms with van der Waals surface area (Å²) >= 11 is 3.13. The molecular weight excluding hydrogens is 278 g/mol. The van der Waals surface area contributed by atoms with E-state index in [0.717, 1.165) is 25.7 Å². The van der Waals surface area contributed by atoms with Crippen molar-refractivity contribution in [2.45, 2.75) is 16.4 Å². The molecule has 4 aromatic heterocycles. The third-order valence-electron chi connectivity index (χ3n) is 2.73. The number of fused-ring (bicyclic) bond motifs is 2. The topological polar surface area (TPSA) is 47.5 Å². The quantitative estimate of drug-likeness (QED) is 0.569. The molecule has 0 spiro atoms. The molecule has 0 saturated heterocycles. The first-order chi connectivity index (χ1) is 9.29. The highest BCUT2D eigenvalue weighted by atomic mass is 32.2. The van der Waals surface area contributed by atoms with Gasteiger partial charge in [0.05, 0.1) is 23.6 Å². The third kappa shape index (κ3) is 1.82. The molecule has 0 fully saturated rings. The molecule has 4 heterocycles. The molecule has 0 saturated carbocycles. The Morgan fingerprint density at radius 1 is 1.32 bits per heavy atom. The first-order valence-electron chi connectivity index (χ1n) is 5.72. The Hall–Kier alpha value is -1.86. The van der Waals surface area contributed by atoms with Crippen LogP contribution in [-0.2, 0) is 0 Å². The predicted octanol–water partition coefficient (Wildman–Crippen LogP) is 2.90. The SMILES string of the molecule is Cc1cn2nc(Sc3ncc4ccccn34)sc2n1. The van der Waals surface area contributed by atoms with Crippen molar-refractivity contribution >= 4 is 33.6 Å². The van der Waals surface area contributed by atoms with Crippen LogP contribution >= 0.6 is 23.1 Å². The lowest BCUT2D eigenvalue weighted by molar-refractivity contribution is 0.902. The van der Waals surface area contributed by atoms with Crippen LogP contribution in [0.2, 0.25) is 0 Å². The van der Waals surface area contributed by atoms with Crippen LogP contribution in [0.1, 0.15) is 5.69 Å². The Morgan fingerprint density at radius 3 is 3.16 bits per heavy atom. The van der Waals surface area contributed by atoms with Gasteiger partial charge in [0, 0.05) is 6.20 Å². The fourth-order valence-corrected chi connectivity index (χ4v) is 3.84. The number of aryl methyl sites for hydroxylation is 1. The minimum atomic E-state index is 0.917. The third-order valence-corrected chi connectivity index (χ3v) is 4.69. The zero-order valence-electron chi connectivity index (χ0n) is 10.0. The average Bonchev–Trinajstić information content (AvgIpc) is 3.03. The molecule has 0 N–H and O–H groups in total. The normalized spacial score (nSPS) is 11.6. The highest BCUT2D eigenvalue weighted by molar-refractivity contribution is 8.01. The molecule has 4 rings (SSSR count). The van der Waals surface area contributed by atoms with Crippen LogP contribution in [-0.4, -0.2) is 24.0 Å². The van der Waals surface area contributed by atoms with Crippen molar-refractivity contribution in [3.63, 3.8) is 0 Å². The molecule has 0 aliphatic carbocycles. The Bertz CT molecular complexity index is 841. The smallest absolute Gasteiger partial charge is 0.213 e. The van der Waals surface area contributed by atoms with E-state index < -0.39 is 0 Å². The number of nitrogens with zero attached hydrogens (tertiary/aromatic N) is 5. The number of hydrogen-bond donors (Lipinski definition) is 0. The van der Waals surface area contributed by atoms with Gasteiger partial charge < -0.3 is 0 Å². The summed E-state index contributed by atoms with van der Waals surface area (Å²) in [6.07, 6.45) is 5.80. The van der Waals surface area contributed by atoms with Crippen molar-refractivity contribution in [2.75, 3.05) is 0 Å². The average molecular weight is 287 g/mol. The van der Waals surface area contributed by atoms with Crippen LogP contribution in [0.25, 0.3) is 10.5 Å². The van der Waals surface area contributed by atoms with Gasteiger partial charge in [0.15, 0.2) is 9.50 Å². The van der Waals surface area contributed by atoms with Crippen molar-refractivity contribution in [1.82, 2.24) is 24.0 Å². The first-order valence-corrected chi connectivity index (χ1v) is 7.36. The van der Waals surface area contributed by atoms with Gasteiger partial charge in [-0.15, -0.1) is 5.10 Å². The molecule has 0 unspecified atom stereocenters. The molecule has 7 heteroatoms. The minimum absolute atomic E-state index is 0.917. The summed E-state index contributed by atoms with van der Waals surface area (Å²) in [5.41, 5.74) is 2.07. The van der Waals surface area contributed by atoms with E-state index in [9.17, 15) is 0 Å². The van der Waals surface area contributed by atoms with Gasteiger partial charge >= 0.3 is 0 Å². The summed E-state index contributed by atoms with van der Waals surface area (Å²) in [5.74, 6) is 0. The van der Waals surface area contributed by atoms with Gasteiger partial charge in [-0.2, -0.15) is 0 Å². The lowest BCUT2D eigenvalue weighted by Gasteiger charge is -1.96. The molecule has 0 aliphatic heterocycles. The maximum Gasteiger partial charge on any atom is 0.213 e. The molecule has 0 radical (unpaired) electrons. The van der Waals surface area contributed by atoms with Crippen LogP contribution < -0.4 is 0 Å². The van der Waals surface area contributed by atoms with Gasteiger partial charge in [0.2, 0.25) is 4.96 Å². The summed E-state index contributed by atoms with van der Waals surface area (Å²) in [6, 6.07) is 6.04. The van der Waals surface area contributed by atoms with Gasteiger partial charge in [0.1, 0.15) is 0 Å². The standard InChI is InChI=1S/C12H9N5S2/c1-8-7-17-11(14-8)19-12(15-17)18-10-13-6-9-4-2-3-5-16(9)10/h2-7H,1H3. The zero-order chi connectivity index (χ0) is 12.8. The van der Waals surface area contributed by atoms with Gasteiger partial charge in [-0.1, -0.05) is 17.4 Å². The lowest BCUT2D eigenvalue weighted by atomic mass is 10.4. The van der Waals surface area contributed by atoms with E-state index >= 15 is 0 Å². The van der Waals surface area contributed by atoms with E-state index in [4.69, 9.17) is 0 Å². The fraction of sp³-hybridized carbons (Fsp3) is 0.0833. The predicted molar refractivity (Wildman–Crippen MR) is 74.9 cm³/mol. The van der Waals surface area contributed by atoms with Crippen LogP contribution in [0, 0.1) is 6.92 Å². The maximum atomic E-state index is 4.50. The second-order valence-corrected chi connectivity index (χ2v) is 6.29. The molecule has 0 aliphatic rings. The number of rotatable bonds is 2. The summed E-state index contributed by atoms with van der Waals surface area (Å²) in [4.78, 5) is 9.75. The highest BCUT2D eigenvalue weighted by Crippen LogP contribution is 2.30. The number of imidazole rings is 2. The maximum absolute atomic E-state index is 4.50. The molecule has 5 nitrogen and oxygen atoms in total.